The Morgan fingerprint density at radius 1 is 1.16 bits per heavy atom. The van der Waals surface area contributed by atoms with Crippen LogP contribution in [0, 0.1) is 11.7 Å². The first-order valence-corrected chi connectivity index (χ1v) is 11.1. The summed E-state index contributed by atoms with van der Waals surface area (Å²) in [6, 6.07) is 12.7. The quantitative estimate of drug-likeness (QED) is 0.491. The lowest BCUT2D eigenvalue weighted by molar-refractivity contribution is -0.132. The van der Waals surface area contributed by atoms with E-state index in [4.69, 9.17) is 4.98 Å². The van der Waals surface area contributed by atoms with Crippen molar-refractivity contribution in [2.45, 2.75) is 32.2 Å². The third-order valence-corrected chi connectivity index (χ3v) is 6.36. The third kappa shape index (κ3) is 4.42. The van der Waals surface area contributed by atoms with Gasteiger partial charge in [-0.15, -0.1) is 0 Å². The predicted octanol–water partition coefficient (Wildman–Crippen LogP) is 4.44. The highest BCUT2D eigenvalue weighted by molar-refractivity contribution is 5.79. The highest BCUT2D eigenvalue weighted by Gasteiger charge is 2.23. The van der Waals surface area contributed by atoms with E-state index in [1.165, 1.54) is 12.1 Å². The molecule has 1 saturated heterocycles. The van der Waals surface area contributed by atoms with Gasteiger partial charge < -0.3 is 9.47 Å². The van der Waals surface area contributed by atoms with Crippen LogP contribution in [0.5, 0.6) is 0 Å². The average Bonchev–Trinajstić information content (AvgIpc) is 3.48. The van der Waals surface area contributed by atoms with Gasteiger partial charge >= 0.3 is 0 Å². The van der Waals surface area contributed by atoms with Crippen LogP contribution in [-0.4, -0.2) is 43.6 Å². The molecule has 0 unspecified atom stereocenters. The minimum absolute atomic E-state index is 0.162. The zero-order valence-electron chi connectivity index (χ0n) is 17.9. The van der Waals surface area contributed by atoms with Crippen molar-refractivity contribution in [3.8, 4) is 11.3 Å². The van der Waals surface area contributed by atoms with Gasteiger partial charge in [-0.25, -0.2) is 9.37 Å². The summed E-state index contributed by atoms with van der Waals surface area (Å²) in [7, 11) is 0. The van der Waals surface area contributed by atoms with Crippen LogP contribution >= 0.6 is 0 Å². The Morgan fingerprint density at radius 3 is 2.81 bits per heavy atom. The Balaban J connectivity index is 1.15. The van der Waals surface area contributed by atoms with E-state index in [2.05, 4.69) is 33.1 Å². The molecule has 0 aliphatic carbocycles. The van der Waals surface area contributed by atoms with Crippen LogP contribution in [0.1, 0.15) is 24.8 Å². The van der Waals surface area contributed by atoms with Crippen LogP contribution in [0.25, 0.3) is 22.3 Å². The number of aromatic nitrogens is 4. The molecule has 0 spiro atoms. The normalized spacial score (nSPS) is 14.8. The van der Waals surface area contributed by atoms with Crippen LogP contribution in [0.4, 0.5) is 4.39 Å². The van der Waals surface area contributed by atoms with Crippen LogP contribution < -0.4 is 0 Å². The van der Waals surface area contributed by atoms with Gasteiger partial charge in [-0.05, 0) is 61.1 Å². The van der Waals surface area contributed by atoms with Gasteiger partial charge in [0.05, 0.1) is 22.9 Å². The van der Waals surface area contributed by atoms with Crippen molar-refractivity contribution in [3.63, 3.8) is 0 Å². The molecule has 3 aromatic heterocycles. The fourth-order valence-electron chi connectivity index (χ4n) is 4.53. The monoisotopic (exact) mass is 431 g/mol. The average molecular weight is 432 g/mol. The molecule has 1 N–H and O–H groups in total. The largest absolute Gasteiger partial charge is 0.346 e. The second kappa shape index (κ2) is 8.94. The van der Waals surface area contributed by atoms with E-state index in [-0.39, 0.29) is 11.7 Å². The van der Waals surface area contributed by atoms with Crippen molar-refractivity contribution in [1.82, 2.24) is 24.6 Å². The van der Waals surface area contributed by atoms with E-state index < -0.39 is 0 Å². The fraction of sp³-hybridized carbons (Fsp3) is 0.320. The number of fused-ring (bicyclic) bond motifs is 1. The number of nitrogens with one attached hydrogen (secondary N) is 1. The molecule has 1 aromatic carbocycles. The zero-order valence-corrected chi connectivity index (χ0v) is 17.9. The van der Waals surface area contributed by atoms with Gasteiger partial charge in [0.1, 0.15) is 5.82 Å². The lowest BCUT2D eigenvalue weighted by atomic mass is 9.96. The molecule has 1 amide bonds. The first-order valence-electron chi connectivity index (χ1n) is 11.1. The van der Waals surface area contributed by atoms with Crippen molar-refractivity contribution < 1.29 is 9.18 Å². The van der Waals surface area contributed by atoms with Crippen molar-refractivity contribution >= 4 is 16.9 Å². The maximum absolute atomic E-state index is 13.3. The highest BCUT2D eigenvalue weighted by atomic mass is 19.1. The first kappa shape index (κ1) is 20.4. The van der Waals surface area contributed by atoms with Gasteiger partial charge in [0, 0.05) is 44.0 Å². The number of carbonyl (C=O) groups excluding carboxylic acids is 1. The number of hydrogen-bond acceptors (Lipinski definition) is 3. The summed E-state index contributed by atoms with van der Waals surface area (Å²) in [5.74, 6) is 0.447. The molecule has 6 nitrogen and oxygen atoms in total. The fourth-order valence-corrected chi connectivity index (χ4v) is 4.53. The lowest BCUT2D eigenvalue weighted by Gasteiger charge is -2.32. The van der Waals surface area contributed by atoms with Crippen molar-refractivity contribution in [2.24, 2.45) is 5.92 Å². The van der Waals surface area contributed by atoms with Crippen LogP contribution in [0.3, 0.4) is 0 Å². The second-order valence-corrected chi connectivity index (χ2v) is 8.51. The highest BCUT2D eigenvalue weighted by Crippen LogP contribution is 2.25. The number of rotatable bonds is 6. The molecule has 0 saturated carbocycles. The van der Waals surface area contributed by atoms with Gasteiger partial charge in [-0.1, -0.05) is 12.1 Å². The number of halogens is 1. The molecule has 164 valence electrons. The molecule has 1 aliphatic heterocycles. The number of pyridine rings is 1. The van der Waals surface area contributed by atoms with Crippen LogP contribution in [-0.2, 0) is 17.8 Å². The van der Waals surface area contributed by atoms with E-state index in [0.717, 1.165) is 60.3 Å². The Labute approximate surface area is 186 Å². The zero-order chi connectivity index (χ0) is 21.9. The van der Waals surface area contributed by atoms with Gasteiger partial charge in [0.2, 0.25) is 5.91 Å². The minimum atomic E-state index is -0.249. The van der Waals surface area contributed by atoms with Crippen molar-refractivity contribution in [1.29, 1.82) is 0 Å². The first-order chi connectivity index (χ1) is 15.7. The standard InChI is InChI=1S/C25H26FN5O/c26-21-3-1-2-18(14-21)4-7-25(32)30-11-8-19(9-12-30)17-31-13-10-23-24(31)6-5-22(29-23)20-15-27-28-16-20/h1-3,5-6,10,13-16,19H,4,7-9,11-12,17H2,(H,27,28). The molecule has 32 heavy (non-hydrogen) atoms. The molecule has 0 bridgehead atoms. The SMILES string of the molecule is O=C(CCc1cccc(F)c1)N1CCC(Cn2ccc3nc(-c4cn[nH]c4)ccc32)CC1. The number of hydrogen-bond donors (Lipinski definition) is 1. The predicted molar refractivity (Wildman–Crippen MR) is 121 cm³/mol. The molecule has 0 atom stereocenters. The second-order valence-electron chi connectivity index (χ2n) is 8.51. The Bertz CT molecular complexity index is 1210. The van der Waals surface area contributed by atoms with E-state index in [9.17, 15) is 9.18 Å². The van der Waals surface area contributed by atoms with E-state index in [1.54, 1.807) is 12.3 Å². The van der Waals surface area contributed by atoms with E-state index >= 15 is 0 Å². The summed E-state index contributed by atoms with van der Waals surface area (Å²) in [6.07, 6.45) is 8.72. The molecule has 1 fully saturated rings. The maximum Gasteiger partial charge on any atom is 0.222 e. The molecular formula is C25H26FN5O. The Morgan fingerprint density at radius 2 is 2.03 bits per heavy atom. The van der Waals surface area contributed by atoms with Gasteiger partial charge in [-0.3, -0.25) is 9.89 Å². The summed E-state index contributed by atoms with van der Waals surface area (Å²) >= 11 is 0. The number of piperidine rings is 1. The smallest absolute Gasteiger partial charge is 0.222 e. The van der Waals surface area contributed by atoms with Crippen molar-refractivity contribution in [3.05, 3.63) is 72.4 Å². The Hall–Kier alpha value is -3.48. The van der Waals surface area contributed by atoms with Crippen molar-refractivity contribution in [2.75, 3.05) is 13.1 Å². The number of nitrogens with zero attached hydrogens (tertiary/aromatic N) is 4. The molecule has 5 rings (SSSR count). The third-order valence-electron chi connectivity index (χ3n) is 6.36. The molecule has 7 heteroatoms. The number of carbonyl (C=O) groups is 1. The number of H-pyrrole nitrogens is 1. The molecule has 1 aliphatic rings. The summed E-state index contributed by atoms with van der Waals surface area (Å²) < 4.78 is 15.6. The number of aromatic amines is 1. The number of aryl methyl sites for hydroxylation is 1. The van der Waals surface area contributed by atoms with E-state index in [1.807, 2.05) is 23.2 Å². The van der Waals surface area contributed by atoms with Crippen LogP contribution in [0.2, 0.25) is 0 Å². The number of likely N-dealkylation sites (tertiary alicyclic amines) is 1. The summed E-state index contributed by atoms with van der Waals surface area (Å²) in [6.45, 7) is 2.50. The van der Waals surface area contributed by atoms with E-state index in [0.29, 0.717) is 18.8 Å². The number of benzene rings is 1. The minimum Gasteiger partial charge on any atom is -0.346 e. The summed E-state index contributed by atoms with van der Waals surface area (Å²) in [5.41, 5.74) is 4.87. The van der Waals surface area contributed by atoms with Gasteiger partial charge in [0.15, 0.2) is 0 Å². The molecule has 4 heterocycles. The van der Waals surface area contributed by atoms with Crippen LogP contribution in [0.15, 0.2) is 61.1 Å². The van der Waals surface area contributed by atoms with Gasteiger partial charge in [0.25, 0.3) is 0 Å². The molecule has 4 aromatic rings. The summed E-state index contributed by atoms with van der Waals surface area (Å²) in [5, 5.41) is 6.82. The number of amides is 1. The maximum atomic E-state index is 13.3. The molecule has 0 radical (unpaired) electrons. The summed E-state index contributed by atoms with van der Waals surface area (Å²) in [4.78, 5) is 19.3. The lowest BCUT2D eigenvalue weighted by Crippen LogP contribution is -2.39. The topological polar surface area (TPSA) is 66.8 Å². The van der Waals surface area contributed by atoms with Gasteiger partial charge in [-0.2, -0.15) is 5.10 Å². The Kier molecular flexibility index (Phi) is 5.71. The molecular weight excluding hydrogens is 405 g/mol.